The average Bonchev–Trinajstić information content (AvgIpc) is 2.66. The maximum atomic E-state index is 11.6. The molecule has 8 heteroatoms. The van der Waals surface area contributed by atoms with Gasteiger partial charge in [0.2, 0.25) is 0 Å². The molecule has 3 aromatic rings. The summed E-state index contributed by atoms with van der Waals surface area (Å²) in [6.07, 6.45) is 1.48. The molecule has 2 aromatic carbocycles. The number of pyridine rings is 1. The predicted octanol–water partition coefficient (Wildman–Crippen LogP) is -5.09. The normalized spacial score (nSPS) is 14.6. The van der Waals surface area contributed by atoms with Crippen LogP contribution in [0.3, 0.4) is 0 Å². The van der Waals surface area contributed by atoms with Gasteiger partial charge in [0.25, 0.3) is 0 Å². The van der Waals surface area contributed by atoms with Crippen LogP contribution in [0.25, 0.3) is 16.6 Å². The van der Waals surface area contributed by atoms with Gasteiger partial charge in [-0.1, -0.05) is 36.4 Å². The van der Waals surface area contributed by atoms with E-state index in [1.54, 1.807) is 48.5 Å². The van der Waals surface area contributed by atoms with Crippen molar-refractivity contribution in [1.82, 2.24) is 4.98 Å². The number of aromatic carboxylic acids is 1. The molecule has 0 bridgehead atoms. The minimum absolute atomic E-state index is 0. The molecule has 0 amide bonds. The van der Waals surface area contributed by atoms with Gasteiger partial charge >= 0.3 is 59.1 Å². The van der Waals surface area contributed by atoms with Crippen molar-refractivity contribution in [3.8, 4) is 0 Å². The van der Waals surface area contributed by atoms with Gasteiger partial charge in [0.05, 0.1) is 28.8 Å². The number of aliphatic carboxylic acids is 1. The standard InChI is InChI=1S/C20H14N2O4.2Na/c23-19(24)13-9-17(21-15-7-3-1-5-11(13)15)18-10-14(20(25)26)12-6-2-4-8-16(12)22-18;;/h1-10,13,21H,(H,23,24)(H,25,26);;/q;2*+1/p-2. The summed E-state index contributed by atoms with van der Waals surface area (Å²) in [6, 6.07) is 15.2. The second-order valence-electron chi connectivity index (χ2n) is 5.95. The molecule has 1 aliphatic rings. The van der Waals surface area contributed by atoms with Crippen molar-refractivity contribution in [2.24, 2.45) is 0 Å². The van der Waals surface area contributed by atoms with E-state index in [2.05, 4.69) is 10.3 Å². The molecule has 0 radical (unpaired) electrons. The zero-order chi connectivity index (χ0) is 18.3. The van der Waals surface area contributed by atoms with Crippen molar-refractivity contribution in [1.29, 1.82) is 0 Å². The van der Waals surface area contributed by atoms with E-state index < -0.39 is 17.9 Å². The summed E-state index contributed by atoms with van der Waals surface area (Å²) in [7, 11) is 0. The summed E-state index contributed by atoms with van der Waals surface area (Å²) < 4.78 is 0. The molecule has 1 atom stereocenters. The summed E-state index contributed by atoms with van der Waals surface area (Å²) in [4.78, 5) is 27.6. The fraction of sp³-hybridized carbons (Fsp3) is 0.0500. The number of rotatable bonds is 3. The number of benzene rings is 2. The van der Waals surface area contributed by atoms with Crippen LogP contribution in [-0.4, -0.2) is 16.9 Å². The van der Waals surface area contributed by atoms with Gasteiger partial charge in [-0.3, -0.25) is 0 Å². The largest absolute Gasteiger partial charge is 1.00 e. The zero-order valence-electron chi connectivity index (χ0n) is 15.4. The van der Waals surface area contributed by atoms with Gasteiger partial charge in [-0.15, -0.1) is 0 Å². The summed E-state index contributed by atoms with van der Waals surface area (Å²) in [5.74, 6) is -3.52. The number of hydrogen-bond donors (Lipinski definition) is 1. The smallest absolute Gasteiger partial charge is 0.549 e. The van der Waals surface area contributed by atoms with Crippen LogP contribution in [0.4, 0.5) is 5.69 Å². The molecule has 0 spiro atoms. The van der Waals surface area contributed by atoms with Crippen molar-refractivity contribution < 1.29 is 78.9 Å². The van der Waals surface area contributed by atoms with Gasteiger partial charge in [0, 0.05) is 22.6 Å². The van der Waals surface area contributed by atoms with Gasteiger partial charge in [0.1, 0.15) is 0 Å². The Kier molecular flexibility index (Phi) is 7.45. The minimum atomic E-state index is -1.32. The Morgan fingerprint density at radius 3 is 2.36 bits per heavy atom. The van der Waals surface area contributed by atoms with E-state index in [9.17, 15) is 19.8 Å². The van der Waals surface area contributed by atoms with Gasteiger partial charge in [-0.2, -0.15) is 0 Å². The van der Waals surface area contributed by atoms with Crippen LogP contribution >= 0.6 is 0 Å². The fourth-order valence-electron chi connectivity index (χ4n) is 3.15. The Hall–Kier alpha value is -1.67. The third-order valence-corrected chi connectivity index (χ3v) is 4.36. The summed E-state index contributed by atoms with van der Waals surface area (Å²) in [5.41, 5.74) is 2.41. The molecule has 1 aliphatic heterocycles. The van der Waals surface area contributed by atoms with Crippen LogP contribution in [0.15, 0.2) is 60.7 Å². The molecule has 4 rings (SSSR count). The molecule has 1 unspecified atom stereocenters. The summed E-state index contributed by atoms with van der Waals surface area (Å²) in [5, 5.41) is 26.7. The Labute approximate surface area is 205 Å². The first-order valence-corrected chi connectivity index (χ1v) is 7.95. The number of aromatic nitrogens is 1. The van der Waals surface area contributed by atoms with E-state index in [4.69, 9.17) is 0 Å². The van der Waals surface area contributed by atoms with Crippen molar-refractivity contribution >= 4 is 34.2 Å². The molecule has 1 aromatic heterocycles. The number of nitrogens with zero attached hydrogens (tertiary/aromatic N) is 1. The Morgan fingerprint density at radius 2 is 1.64 bits per heavy atom. The zero-order valence-corrected chi connectivity index (χ0v) is 19.4. The fourth-order valence-corrected chi connectivity index (χ4v) is 3.15. The molecule has 6 nitrogen and oxygen atoms in total. The molecular formula is C20H12N2Na2O4. The van der Waals surface area contributed by atoms with Crippen LogP contribution in [0, 0.1) is 0 Å². The van der Waals surface area contributed by atoms with Gasteiger partial charge < -0.3 is 25.1 Å². The Morgan fingerprint density at radius 1 is 0.964 bits per heavy atom. The van der Waals surface area contributed by atoms with Crippen LogP contribution in [0.5, 0.6) is 0 Å². The maximum Gasteiger partial charge on any atom is 1.00 e. The molecule has 0 aliphatic carbocycles. The second-order valence-corrected chi connectivity index (χ2v) is 5.95. The first-order valence-electron chi connectivity index (χ1n) is 7.95. The molecule has 2 heterocycles. The summed E-state index contributed by atoms with van der Waals surface area (Å²) in [6.45, 7) is 0. The number of carbonyl (C=O) groups is 2. The number of anilines is 1. The van der Waals surface area contributed by atoms with Crippen LogP contribution in [-0.2, 0) is 4.79 Å². The molecular weight excluding hydrogens is 378 g/mol. The van der Waals surface area contributed by atoms with E-state index >= 15 is 0 Å². The van der Waals surface area contributed by atoms with E-state index in [0.29, 0.717) is 33.5 Å². The van der Waals surface area contributed by atoms with Crippen molar-refractivity contribution in [3.63, 3.8) is 0 Å². The first kappa shape index (κ1) is 22.6. The van der Waals surface area contributed by atoms with Gasteiger partial charge in [-0.05, 0) is 29.8 Å². The van der Waals surface area contributed by atoms with Crippen molar-refractivity contribution in [2.45, 2.75) is 5.92 Å². The number of para-hydroxylation sites is 2. The molecule has 28 heavy (non-hydrogen) atoms. The average molecular weight is 390 g/mol. The number of carbonyl (C=O) groups excluding carboxylic acids is 2. The topological polar surface area (TPSA) is 105 Å². The number of carboxylic acids is 2. The number of hydrogen-bond acceptors (Lipinski definition) is 6. The first-order chi connectivity index (χ1) is 12.5. The molecule has 0 saturated heterocycles. The van der Waals surface area contributed by atoms with E-state index in [-0.39, 0.29) is 64.7 Å². The molecule has 0 fully saturated rings. The number of nitrogens with one attached hydrogen (secondary N) is 1. The third kappa shape index (κ3) is 4.17. The molecule has 128 valence electrons. The molecule has 1 N–H and O–H groups in total. The van der Waals surface area contributed by atoms with E-state index in [1.807, 2.05) is 0 Å². The van der Waals surface area contributed by atoms with Gasteiger partial charge in [0.15, 0.2) is 0 Å². The predicted molar refractivity (Wildman–Crippen MR) is 91.9 cm³/mol. The quantitative estimate of drug-likeness (QED) is 0.449. The van der Waals surface area contributed by atoms with Crippen LogP contribution in [0.1, 0.15) is 27.5 Å². The van der Waals surface area contributed by atoms with Gasteiger partial charge in [-0.25, -0.2) is 4.98 Å². The monoisotopic (exact) mass is 390 g/mol. The van der Waals surface area contributed by atoms with Crippen LogP contribution in [0.2, 0.25) is 0 Å². The molecule has 0 saturated carbocycles. The van der Waals surface area contributed by atoms with Crippen molar-refractivity contribution in [3.05, 3.63) is 77.5 Å². The number of fused-ring (bicyclic) bond motifs is 2. The Balaban J connectivity index is 0.00000140. The Bertz CT molecular complexity index is 1100. The maximum absolute atomic E-state index is 11.6. The summed E-state index contributed by atoms with van der Waals surface area (Å²) >= 11 is 0. The van der Waals surface area contributed by atoms with Crippen molar-refractivity contribution in [2.75, 3.05) is 5.32 Å². The second kappa shape index (κ2) is 9.22. The number of carboxylic acid groups (broad SMARTS) is 2. The third-order valence-electron chi connectivity index (χ3n) is 4.36. The SMILES string of the molecule is O=C([O-])c1cc(C2=CC(C(=O)[O-])c3ccccc3N2)nc2ccccc12.[Na+].[Na+]. The van der Waals surface area contributed by atoms with Crippen LogP contribution < -0.4 is 74.6 Å². The van der Waals surface area contributed by atoms with E-state index in [1.165, 1.54) is 12.1 Å². The minimum Gasteiger partial charge on any atom is -0.549 e. The van der Waals surface area contributed by atoms with E-state index in [0.717, 1.165) is 0 Å².